The predicted octanol–water partition coefficient (Wildman–Crippen LogP) is 2.67. The van der Waals surface area contributed by atoms with Crippen molar-refractivity contribution in [2.75, 3.05) is 19.8 Å². The van der Waals surface area contributed by atoms with Crippen molar-refractivity contribution in [3.63, 3.8) is 0 Å². The normalized spacial score (nSPS) is 14.5. The number of carbonyl (C=O) groups is 2. The number of benzene rings is 1. The van der Waals surface area contributed by atoms with Gasteiger partial charge in [-0.05, 0) is 38.0 Å². The second kappa shape index (κ2) is 8.38. The Morgan fingerprint density at radius 2 is 1.79 bits per heavy atom. The third kappa shape index (κ3) is 4.11. The first-order valence-electron chi connectivity index (χ1n) is 9.41. The first-order valence-corrected chi connectivity index (χ1v) is 9.41. The SMILES string of the molecule is CCOc1cc2c(cc1OCC)-c1cc(=O)c(C(=O)O)cn1C(COC(C)=O)C2. The average Bonchev–Trinajstić information content (AvgIpc) is 2.66. The van der Waals surface area contributed by atoms with Gasteiger partial charge in [-0.15, -0.1) is 0 Å². The minimum Gasteiger partial charge on any atom is -0.490 e. The van der Waals surface area contributed by atoms with Crippen LogP contribution in [0.4, 0.5) is 0 Å². The summed E-state index contributed by atoms with van der Waals surface area (Å²) < 4.78 is 18.3. The fourth-order valence-electron chi connectivity index (χ4n) is 3.48. The third-order valence-electron chi connectivity index (χ3n) is 4.68. The maximum atomic E-state index is 12.4. The van der Waals surface area contributed by atoms with Crippen LogP contribution in [0.2, 0.25) is 0 Å². The van der Waals surface area contributed by atoms with Gasteiger partial charge in [-0.25, -0.2) is 4.79 Å². The first kappa shape index (κ1) is 20.4. The molecule has 0 saturated carbocycles. The largest absolute Gasteiger partial charge is 0.490 e. The number of fused-ring (bicyclic) bond motifs is 3. The molecule has 1 N–H and O–H groups in total. The maximum Gasteiger partial charge on any atom is 0.341 e. The number of carbonyl (C=O) groups excluding carboxylic acids is 1. The van der Waals surface area contributed by atoms with Crippen LogP contribution >= 0.6 is 0 Å². The standard InChI is InChI=1S/C21H23NO7/c1-4-27-19-7-13-6-14(11-29-12(3)23)22-10-16(21(25)26)18(24)9-17(22)15(13)8-20(19)28-5-2/h7-10,14H,4-6,11H2,1-3H3,(H,25,26). The second-order valence-corrected chi connectivity index (χ2v) is 6.63. The number of ether oxygens (including phenoxy) is 3. The van der Waals surface area contributed by atoms with E-state index in [0.29, 0.717) is 36.8 Å². The van der Waals surface area contributed by atoms with E-state index in [1.165, 1.54) is 19.2 Å². The Kier molecular flexibility index (Phi) is 5.91. The van der Waals surface area contributed by atoms with Crippen molar-refractivity contribution in [1.82, 2.24) is 4.57 Å². The summed E-state index contributed by atoms with van der Waals surface area (Å²) in [6.07, 6.45) is 1.79. The number of aromatic nitrogens is 1. The molecular formula is C21H23NO7. The molecule has 0 bridgehead atoms. The molecule has 1 aromatic heterocycles. The summed E-state index contributed by atoms with van der Waals surface area (Å²) in [6.45, 7) is 6.02. The summed E-state index contributed by atoms with van der Waals surface area (Å²) in [7, 11) is 0. The molecule has 0 amide bonds. The number of carboxylic acids is 1. The maximum absolute atomic E-state index is 12.4. The number of hydrogen-bond acceptors (Lipinski definition) is 6. The highest BCUT2D eigenvalue weighted by Gasteiger charge is 2.28. The molecule has 0 aliphatic carbocycles. The Balaban J connectivity index is 2.19. The van der Waals surface area contributed by atoms with E-state index in [4.69, 9.17) is 14.2 Å². The molecule has 1 unspecified atom stereocenters. The highest BCUT2D eigenvalue weighted by molar-refractivity contribution is 5.88. The number of nitrogens with zero attached hydrogens (tertiary/aromatic N) is 1. The van der Waals surface area contributed by atoms with Gasteiger partial charge >= 0.3 is 11.9 Å². The third-order valence-corrected chi connectivity index (χ3v) is 4.68. The topological polar surface area (TPSA) is 104 Å². The van der Waals surface area contributed by atoms with E-state index in [2.05, 4.69) is 0 Å². The van der Waals surface area contributed by atoms with Crippen LogP contribution in [-0.4, -0.2) is 41.4 Å². The zero-order chi connectivity index (χ0) is 21.1. The Hall–Kier alpha value is -3.29. The van der Waals surface area contributed by atoms with Crippen LogP contribution in [0.3, 0.4) is 0 Å². The zero-order valence-corrected chi connectivity index (χ0v) is 16.6. The molecule has 1 aliphatic heterocycles. The van der Waals surface area contributed by atoms with Gasteiger partial charge in [0.15, 0.2) is 16.9 Å². The molecule has 0 fully saturated rings. The van der Waals surface area contributed by atoms with Crippen LogP contribution in [0.5, 0.6) is 11.5 Å². The van der Waals surface area contributed by atoms with E-state index >= 15 is 0 Å². The van der Waals surface area contributed by atoms with Crippen LogP contribution in [0.1, 0.15) is 42.7 Å². The molecule has 1 aliphatic rings. The molecule has 3 rings (SSSR count). The number of pyridine rings is 1. The molecule has 2 aromatic rings. The molecule has 0 saturated heterocycles. The van der Waals surface area contributed by atoms with Crippen LogP contribution in [0.25, 0.3) is 11.3 Å². The number of carboxylic acid groups (broad SMARTS) is 1. The number of hydrogen-bond donors (Lipinski definition) is 1. The summed E-state index contributed by atoms with van der Waals surface area (Å²) in [5, 5.41) is 9.34. The van der Waals surface area contributed by atoms with E-state index in [1.807, 2.05) is 19.9 Å². The van der Waals surface area contributed by atoms with Gasteiger partial charge in [0.05, 0.1) is 24.9 Å². The number of esters is 1. The minimum atomic E-state index is -1.30. The van der Waals surface area contributed by atoms with Crippen LogP contribution in [0, 0.1) is 0 Å². The monoisotopic (exact) mass is 401 g/mol. The van der Waals surface area contributed by atoms with Gasteiger partial charge in [0.1, 0.15) is 12.2 Å². The summed E-state index contributed by atoms with van der Waals surface area (Å²) in [5.74, 6) is -0.590. The molecule has 1 aromatic carbocycles. The van der Waals surface area contributed by atoms with Gasteiger partial charge in [-0.1, -0.05) is 0 Å². The lowest BCUT2D eigenvalue weighted by Crippen LogP contribution is -2.28. The zero-order valence-electron chi connectivity index (χ0n) is 16.6. The quantitative estimate of drug-likeness (QED) is 0.711. The second-order valence-electron chi connectivity index (χ2n) is 6.63. The number of rotatable bonds is 7. The Morgan fingerprint density at radius 3 is 2.38 bits per heavy atom. The molecule has 8 nitrogen and oxygen atoms in total. The molecular weight excluding hydrogens is 378 g/mol. The minimum absolute atomic E-state index is 0.0564. The summed E-state index contributed by atoms with van der Waals surface area (Å²) in [6, 6.07) is 4.62. The molecule has 29 heavy (non-hydrogen) atoms. The van der Waals surface area contributed by atoms with Crippen molar-refractivity contribution in [3.8, 4) is 22.8 Å². The molecule has 0 spiro atoms. The highest BCUT2D eigenvalue weighted by Crippen LogP contribution is 2.41. The van der Waals surface area contributed by atoms with Gasteiger partial charge in [0, 0.05) is 24.8 Å². The smallest absolute Gasteiger partial charge is 0.341 e. The molecule has 154 valence electrons. The fourth-order valence-corrected chi connectivity index (χ4v) is 3.48. The van der Waals surface area contributed by atoms with Gasteiger partial charge < -0.3 is 23.9 Å². The van der Waals surface area contributed by atoms with Crippen molar-refractivity contribution >= 4 is 11.9 Å². The van der Waals surface area contributed by atoms with Gasteiger partial charge in [0.25, 0.3) is 0 Å². The number of aromatic carboxylic acids is 1. The van der Waals surface area contributed by atoms with Crippen molar-refractivity contribution < 1.29 is 28.9 Å². The van der Waals surface area contributed by atoms with E-state index < -0.39 is 17.4 Å². The van der Waals surface area contributed by atoms with Crippen molar-refractivity contribution in [2.45, 2.75) is 33.2 Å². The molecule has 1 atom stereocenters. The summed E-state index contributed by atoms with van der Waals surface area (Å²) in [5.41, 5.74) is 1.28. The van der Waals surface area contributed by atoms with Crippen LogP contribution in [-0.2, 0) is 16.0 Å². The van der Waals surface area contributed by atoms with Gasteiger partial charge in [-0.3, -0.25) is 9.59 Å². The van der Waals surface area contributed by atoms with Crippen LogP contribution < -0.4 is 14.9 Å². The Morgan fingerprint density at radius 1 is 1.14 bits per heavy atom. The van der Waals surface area contributed by atoms with E-state index in [0.717, 1.165) is 11.1 Å². The predicted molar refractivity (Wildman–Crippen MR) is 105 cm³/mol. The summed E-state index contributed by atoms with van der Waals surface area (Å²) in [4.78, 5) is 35.1. The molecule has 2 heterocycles. The van der Waals surface area contributed by atoms with Gasteiger partial charge in [-0.2, -0.15) is 0 Å². The Labute approximate surface area is 167 Å². The van der Waals surface area contributed by atoms with Crippen molar-refractivity contribution in [1.29, 1.82) is 0 Å². The van der Waals surface area contributed by atoms with E-state index in [-0.39, 0.29) is 18.2 Å². The lowest BCUT2D eigenvalue weighted by molar-refractivity contribution is -0.142. The lowest BCUT2D eigenvalue weighted by atomic mass is 9.91. The fraction of sp³-hybridized carbons (Fsp3) is 0.381. The average molecular weight is 401 g/mol. The van der Waals surface area contributed by atoms with Gasteiger partial charge in [0.2, 0.25) is 0 Å². The van der Waals surface area contributed by atoms with E-state index in [1.54, 1.807) is 10.6 Å². The summed E-state index contributed by atoms with van der Waals surface area (Å²) >= 11 is 0. The van der Waals surface area contributed by atoms with Crippen molar-refractivity contribution in [2.24, 2.45) is 0 Å². The highest BCUT2D eigenvalue weighted by atomic mass is 16.5. The van der Waals surface area contributed by atoms with E-state index in [9.17, 15) is 19.5 Å². The first-order chi connectivity index (χ1) is 13.8. The van der Waals surface area contributed by atoms with Crippen LogP contribution in [0.15, 0.2) is 29.2 Å². The molecule has 8 heteroatoms. The lowest BCUT2D eigenvalue weighted by Gasteiger charge is -2.31. The molecule has 0 radical (unpaired) electrons. The van der Waals surface area contributed by atoms with Crippen molar-refractivity contribution in [3.05, 3.63) is 45.7 Å². The Bertz CT molecular complexity index is 1010.